The molecule has 0 fully saturated rings. The van der Waals surface area contributed by atoms with Crippen molar-refractivity contribution in [2.24, 2.45) is 0 Å². The second-order valence-electron chi connectivity index (χ2n) is 6.06. The van der Waals surface area contributed by atoms with Crippen LogP contribution in [0.1, 0.15) is 11.1 Å². The number of hydrogen-bond acceptors (Lipinski definition) is 3. The van der Waals surface area contributed by atoms with Crippen LogP contribution in [0.2, 0.25) is 0 Å². The van der Waals surface area contributed by atoms with E-state index in [1.807, 2.05) is 0 Å². The molecule has 0 radical (unpaired) electrons. The molecule has 2 aromatic rings. The molecule has 0 aliphatic rings. The third kappa shape index (κ3) is 6.85. The lowest BCUT2D eigenvalue weighted by Gasteiger charge is -2.29. The van der Waals surface area contributed by atoms with E-state index in [0.29, 0.717) is 0 Å². The Bertz CT molecular complexity index is 771. The number of rotatable bonds is 3. The van der Waals surface area contributed by atoms with E-state index in [0.717, 1.165) is 11.0 Å². The Morgan fingerprint density at radius 2 is 1.40 bits per heavy atom. The fourth-order valence-electron chi connectivity index (χ4n) is 2.08. The van der Waals surface area contributed by atoms with E-state index < -0.39 is 15.6 Å². The zero-order chi connectivity index (χ0) is 19.3. The summed E-state index contributed by atoms with van der Waals surface area (Å²) in [6.07, 6.45) is 0. The maximum atomic E-state index is 10.7. The summed E-state index contributed by atoms with van der Waals surface area (Å²) in [6, 6.07) is 19.4. The Balaban J connectivity index is 0.000000333. The number of quaternary nitrogens is 1. The predicted octanol–water partition coefficient (Wildman–Crippen LogP) is 3.81. The molecule has 0 amide bonds. The van der Waals surface area contributed by atoms with E-state index in [-0.39, 0.29) is 0 Å². The van der Waals surface area contributed by atoms with Gasteiger partial charge in [0, 0.05) is 5.56 Å². The highest BCUT2D eigenvalue weighted by atomic mass is 32.2. The predicted molar refractivity (Wildman–Crippen MR) is 90.7 cm³/mol. The minimum Gasteiger partial charge on any atom is -0.741 e. The number of hydrogen-bond donors (Lipinski definition) is 0. The summed E-state index contributed by atoms with van der Waals surface area (Å²) < 4.78 is 59.8. The van der Waals surface area contributed by atoms with Crippen molar-refractivity contribution >= 4 is 15.8 Å². The van der Waals surface area contributed by atoms with Crippen molar-refractivity contribution in [1.82, 2.24) is 4.48 Å². The molecule has 2 aromatic carbocycles. The molecular weight excluding hydrogens is 355 g/mol. The van der Waals surface area contributed by atoms with Crippen molar-refractivity contribution in [3.05, 3.63) is 65.7 Å². The van der Waals surface area contributed by atoms with Crippen LogP contribution < -0.4 is 4.48 Å². The molecule has 0 atom stereocenters. The van der Waals surface area contributed by atoms with Gasteiger partial charge >= 0.3 is 5.51 Å². The molecule has 0 aliphatic carbocycles. The van der Waals surface area contributed by atoms with Gasteiger partial charge in [0.15, 0.2) is 10.1 Å². The Labute approximate surface area is 145 Å². The van der Waals surface area contributed by atoms with Crippen LogP contribution in [0.25, 0.3) is 0 Å². The molecule has 138 valence electrons. The fraction of sp³-hybridized carbons (Fsp3) is 0.294. The number of benzene rings is 2. The molecule has 25 heavy (non-hydrogen) atoms. The first-order valence-electron chi connectivity index (χ1n) is 7.29. The third-order valence-electron chi connectivity index (χ3n) is 3.44. The molecule has 4 nitrogen and oxygen atoms in total. The van der Waals surface area contributed by atoms with Gasteiger partial charge in [-0.15, -0.1) is 0 Å². The Morgan fingerprint density at radius 1 is 0.960 bits per heavy atom. The SMILES string of the molecule is Cc1ccc([N+](C)(C)Cc2ccccc2)cc1.O=S(=O)([O-])C(F)(F)F. The molecule has 0 aromatic heterocycles. The van der Waals surface area contributed by atoms with Gasteiger partial charge in [0.1, 0.15) is 12.2 Å². The van der Waals surface area contributed by atoms with E-state index in [1.54, 1.807) is 0 Å². The van der Waals surface area contributed by atoms with Gasteiger partial charge in [-0.1, -0.05) is 48.0 Å². The number of halogens is 3. The first-order chi connectivity index (χ1) is 11.3. The molecule has 0 spiro atoms. The van der Waals surface area contributed by atoms with Gasteiger partial charge in [0.05, 0.1) is 14.1 Å². The summed E-state index contributed by atoms with van der Waals surface area (Å²) in [5.74, 6) is 0. The average Bonchev–Trinajstić information content (AvgIpc) is 2.47. The van der Waals surface area contributed by atoms with Gasteiger partial charge in [0.25, 0.3) is 0 Å². The van der Waals surface area contributed by atoms with Crippen LogP contribution in [-0.2, 0) is 16.7 Å². The first kappa shape index (κ1) is 21.1. The molecule has 0 N–H and O–H groups in total. The van der Waals surface area contributed by atoms with Gasteiger partial charge in [-0.2, -0.15) is 13.2 Å². The summed E-state index contributed by atoms with van der Waals surface area (Å²) in [5, 5.41) is 0. The zero-order valence-electron chi connectivity index (χ0n) is 14.1. The van der Waals surface area contributed by atoms with Crippen LogP contribution in [0, 0.1) is 6.92 Å². The monoisotopic (exact) mass is 375 g/mol. The van der Waals surface area contributed by atoms with E-state index >= 15 is 0 Å². The topological polar surface area (TPSA) is 57.2 Å². The molecule has 0 aliphatic heterocycles. The molecule has 0 saturated carbocycles. The van der Waals surface area contributed by atoms with E-state index in [1.165, 1.54) is 16.8 Å². The van der Waals surface area contributed by atoms with Gasteiger partial charge in [-0.3, -0.25) is 4.48 Å². The summed E-state index contributed by atoms with van der Waals surface area (Å²) in [4.78, 5) is 0. The molecule has 0 unspecified atom stereocenters. The highest BCUT2D eigenvalue weighted by molar-refractivity contribution is 7.86. The van der Waals surface area contributed by atoms with Crippen LogP contribution in [0.4, 0.5) is 18.9 Å². The van der Waals surface area contributed by atoms with Crippen molar-refractivity contribution in [3.8, 4) is 0 Å². The zero-order valence-corrected chi connectivity index (χ0v) is 14.9. The number of aryl methyl sites for hydroxylation is 1. The van der Waals surface area contributed by atoms with Crippen molar-refractivity contribution < 1.29 is 26.1 Å². The van der Waals surface area contributed by atoms with Gasteiger partial charge in [-0.05, 0) is 19.1 Å². The lowest BCUT2D eigenvalue weighted by Crippen LogP contribution is -2.39. The van der Waals surface area contributed by atoms with Crippen LogP contribution in [0.5, 0.6) is 0 Å². The average molecular weight is 375 g/mol. The highest BCUT2D eigenvalue weighted by Crippen LogP contribution is 2.22. The highest BCUT2D eigenvalue weighted by Gasteiger charge is 2.36. The summed E-state index contributed by atoms with van der Waals surface area (Å²) in [7, 11) is -1.59. The first-order valence-corrected chi connectivity index (χ1v) is 8.70. The normalized spacial score (nSPS) is 12.3. The molecule has 2 rings (SSSR count). The quantitative estimate of drug-likeness (QED) is 0.466. The summed E-state index contributed by atoms with van der Waals surface area (Å²) in [5.41, 5.74) is -1.61. The molecule has 0 bridgehead atoms. The smallest absolute Gasteiger partial charge is 0.485 e. The minimum atomic E-state index is -6.09. The van der Waals surface area contributed by atoms with Gasteiger partial charge in [-0.25, -0.2) is 8.42 Å². The van der Waals surface area contributed by atoms with Crippen molar-refractivity contribution in [2.45, 2.75) is 19.0 Å². The lowest BCUT2D eigenvalue weighted by atomic mass is 10.1. The second-order valence-corrected chi connectivity index (χ2v) is 7.44. The molecule has 8 heteroatoms. The number of alkyl halides is 3. The van der Waals surface area contributed by atoms with Crippen molar-refractivity contribution in [3.63, 3.8) is 0 Å². The number of nitrogens with zero attached hydrogens (tertiary/aromatic N) is 1. The van der Waals surface area contributed by atoms with E-state index in [9.17, 15) is 13.2 Å². The minimum absolute atomic E-state index is 0.879. The Morgan fingerprint density at radius 3 is 1.80 bits per heavy atom. The van der Waals surface area contributed by atoms with Crippen LogP contribution in [0.15, 0.2) is 54.6 Å². The standard InChI is InChI=1S/C16H20N.CHF3O3S/c1-14-9-11-16(12-10-14)17(2,3)13-15-7-5-4-6-8-15;2-1(3,4)8(5,6)7/h4-12H,13H2,1-3H3;(H,5,6,7)/q+1;/p-1. The summed E-state index contributed by atoms with van der Waals surface area (Å²) >= 11 is 0. The maximum Gasteiger partial charge on any atom is 0.485 e. The van der Waals surface area contributed by atoms with E-state index in [2.05, 4.69) is 75.6 Å². The lowest BCUT2D eigenvalue weighted by molar-refractivity contribution is -0.0517. The molecule has 0 saturated heterocycles. The Hall–Kier alpha value is -1.90. The second kappa shape index (κ2) is 7.99. The van der Waals surface area contributed by atoms with Gasteiger partial charge < -0.3 is 4.55 Å². The van der Waals surface area contributed by atoms with Crippen molar-refractivity contribution in [1.29, 1.82) is 0 Å². The van der Waals surface area contributed by atoms with Crippen molar-refractivity contribution in [2.75, 3.05) is 14.1 Å². The van der Waals surface area contributed by atoms with Gasteiger partial charge in [0.2, 0.25) is 0 Å². The van der Waals surface area contributed by atoms with E-state index in [4.69, 9.17) is 13.0 Å². The van der Waals surface area contributed by atoms with Crippen LogP contribution in [0.3, 0.4) is 0 Å². The largest absolute Gasteiger partial charge is 0.741 e. The summed E-state index contributed by atoms with van der Waals surface area (Å²) in [6.45, 7) is 3.14. The molecular formula is C17H20F3NO3S. The fourth-order valence-corrected chi connectivity index (χ4v) is 2.08. The van der Waals surface area contributed by atoms with Crippen LogP contribution >= 0.6 is 0 Å². The third-order valence-corrected chi connectivity index (χ3v) is 4.00. The Kier molecular flexibility index (Phi) is 6.75. The molecule has 0 heterocycles. The maximum absolute atomic E-state index is 10.7. The van der Waals surface area contributed by atoms with Crippen LogP contribution in [-0.4, -0.2) is 32.6 Å².